The Morgan fingerprint density at radius 1 is 1.16 bits per heavy atom. The van der Waals surface area contributed by atoms with Gasteiger partial charge >= 0.3 is 0 Å². The Hall–Kier alpha value is -2.48. The lowest BCUT2D eigenvalue weighted by Gasteiger charge is -2.19. The van der Waals surface area contributed by atoms with Gasteiger partial charge in [0.1, 0.15) is 5.82 Å². The van der Waals surface area contributed by atoms with Crippen LogP contribution >= 0.6 is 34.7 Å². The number of nitrogens with zero attached hydrogens (tertiary/aromatic N) is 3. The monoisotopic (exact) mass is 485 g/mol. The Morgan fingerprint density at radius 2 is 1.97 bits per heavy atom. The summed E-state index contributed by atoms with van der Waals surface area (Å²) in [6, 6.07) is 15.9. The zero-order valence-corrected chi connectivity index (χ0v) is 19.8. The molecule has 164 valence electrons. The lowest BCUT2D eigenvalue weighted by molar-refractivity contribution is -0.118. The second-order valence-corrected chi connectivity index (χ2v) is 9.80. The summed E-state index contributed by atoms with van der Waals surface area (Å²) in [7, 11) is 0. The fourth-order valence-corrected chi connectivity index (χ4v) is 5.39. The molecule has 32 heavy (non-hydrogen) atoms. The van der Waals surface area contributed by atoms with Crippen molar-refractivity contribution in [3.63, 3.8) is 0 Å². The summed E-state index contributed by atoms with van der Waals surface area (Å²) in [6.07, 6.45) is 2.80. The topological polar surface area (TPSA) is 46.1 Å². The Balaban J connectivity index is 1.50. The number of rotatable bonds is 8. The zero-order chi connectivity index (χ0) is 22.5. The van der Waals surface area contributed by atoms with Gasteiger partial charge in [0.15, 0.2) is 5.13 Å². The highest BCUT2D eigenvalue weighted by Gasteiger charge is 2.21. The molecule has 2 heterocycles. The van der Waals surface area contributed by atoms with Crippen LogP contribution in [0.1, 0.15) is 24.1 Å². The van der Waals surface area contributed by atoms with Crippen LogP contribution in [0, 0.1) is 12.7 Å². The number of carbonyl (C=O) groups excluding carboxylic acids is 1. The van der Waals surface area contributed by atoms with E-state index in [1.165, 1.54) is 23.5 Å². The number of halogens is 2. The Morgan fingerprint density at radius 3 is 2.69 bits per heavy atom. The van der Waals surface area contributed by atoms with Crippen LogP contribution in [0.15, 0.2) is 65.7 Å². The van der Waals surface area contributed by atoms with E-state index < -0.39 is 0 Å². The summed E-state index contributed by atoms with van der Waals surface area (Å²) >= 11 is 9.42. The molecule has 4 rings (SSSR count). The fraction of sp³-hybridized carbons (Fsp3) is 0.208. The molecule has 0 bridgehead atoms. The van der Waals surface area contributed by atoms with Gasteiger partial charge in [0.2, 0.25) is 5.91 Å². The van der Waals surface area contributed by atoms with E-state index >= 15 is 0 Å². The summed E-state index contributed by atoms with van der Waals surface area (Å²) in [5.41, 5.74) is 2.64. The van der Waals surface area contributed by atoms with E-state index in [9.17, 15) is 9.18 Å². The number of aromatic nitrogens is 2. The minimum Gasteiger partial charge on any atom is -0.282 e. The minimum absolute atomic E-state index is 0.0109. The molecule has 0 aliphatic heterocycles. The van der Waals surface area contributed by atoms with Gasteiger partial charge in [0.25, 0.3) is 0 Å². The Kier molecular flexibility index (Phi) is 7.40. The highest BCUT2D eigenvalue weighted by Crippen LogP contribution is 2.36. The molecule has 2 aromatic heterocycles. The van der Waals surface area contributed by atoms with Crippen molar-refractivity contribution in [1.29, 1.82) is 0 Å². The first-order valence-electron chi connectivity index (χ1n) is 10.2. The van der Waals surface area contributed by atoms with Crippen molar-refractivity contribution in [2.24, 2.45) is 0 Å². The molecule has 4 nitrogen and oxygen atoms in total. The number of anilines is 1. The van der Waals surface area contributed by atoms with E-state index in [1.807, 2.05) is 37.3 Å². The fourth-order valence-electron chi connectivity index (χ4n) is 3.20. The third-order valence-electron chi connectivity index (χ3n) is 4.88. The van der Waals surface area contributed by atoms with Crippen molar-refractivity contribution >= 4 is 56.0 Å². The molecule has 2 aromatic carbocycles. The first-order valence-corrected chi connectivity index (χ1v) is 12.3. The van der Waals surface area contributed by atoms with Gasteiger partial charge in [-0.05, 0) is 67.1 Å². The summed E-state index contributed by atoms with van der Waals surface area (Å²) in [6.45, 7) is 2.33. The van der Waals surface area contributed by atoms with Crippen LogP contribution in [0.25, 0.3) is 10.2 Å². The highest BCUT2D eigenvalue weighted by molar-refractivity contribution is 7.99. The van der Waals surface area contributed by atoms with Gasteiger partial charge in [-0.15, -0.1) is 11.8 Å². The van der Waals surface area contributed by atoms with Crippen LogP contribution in [0.5, 0.6) is 0 Å². The van der Waals surface area contributed by atoms with Gasteiger partial charge in [0.05, 0.1) is 27.5 Å². The van der Waals surface area contributed by atoms with Crippen molar-refractivity contribution in [2.45, 2.75) is 31.2 Å². The van der Waals surface area contributed by atoms with E-state index in [4.69, 9.17) is 16.6 Å². The number of amides is 1. The maximum atomic E-state index is 13.2. The normalized spacial score (nSPS) is 11.1. The average molecular weight is 486 g/mol. The molecule has 4 aromatic rings. The lowest BCUT2D eigenvalue weighted by atomic mass is 10.2. The molecule has 0 spiro atoms. The zero-order valence-electron chi connectivity index (χ0n) is 17.4. The highest BCUT2D eigenvalue weighted by atomic mass is 35.5. The van der Waals surface area contributed by atoms with Crippen LogP contribution in [0.3, 0.4) is 0 Å². The molecule has 1 amide bonds. The molecule has 0 atom stereocenters. The Bertz CT molecular complexity index is 1180. The number of thiazole rings is 1. The van der Waals surface area contributed by atoms with Crippen molar-refractivity contribution in [3.8, 4) is 0 Å². The number of hydrogen-bond acceptors (Lipinski definition) is 5. The van der Waals surface area contributed by atoms with Crippen LogP contribution in [-0.4, -0.2) is 21.6 Å². The maximum absolute atomic E-state index is 13.2. The van der Waals surface area contributed by atoms with E-state index in [-0.39, 0.29) is 11.7 Å². The molecule has 0 aliphatic rings. The molecular weight excluding hydrogens is 465 g/mol. The van der Waals surface area contributed by atoms with Crippen LogP contribution in [0.2, 0.25) is 5.02 Å². The van der Waals surface area contributed by atoms with Crippen molar-refractivity contribution in [2.75, 3.05) is 10.7 Å². The number of aryl methyl sites for hydroxylation is 1. The van der Waals surface area contributed by atoms with Gasteiger partial charge in [0, 0.05) is 17.5 Å². The molecular formula is C24H21ClFN3OS2. The smallest absolute Gasteiger partial charge is 0.229 e. The summed E-state index contributed by atoms with van der Waals surface area (Å²) in [4.78, 5) is 25.0. The molecule has 0 aliphatic carbocycles. The van der Waals surface area contributed by atoms with Gasteiger partial charge in [-0.1, -0.05) is 35.1 Å². The number of thioether (sulfide) groups is 1. The number of carbonyl (C=O) groups is 1. The van der Waals surface area contributed by atoms with Crippen molar-refractivity contribution in [3.05, 3.63) is 82.9 Å². The van der Waals surface area contributed by atoms with Crippen molar-refractivity contribution < 1.29 is 9.18 Å². The predicted octanol–water partition coefficient (Wildman–Crippen LogP) is 6.90. The quantitative estimate of drug-likeness (QED) is 0.201. The average Bonchev–Trinajstić information content (AvgIpc) is 3.26. The van der Waals surface area contributed by atoms with E-state index in [1.54, 1.807) is 35.0 Å². The predicted molar refractivity (Wildman–Crippen MR) is 131 cm³/mol. The third kappa shape index (κ3) is 5.46. The second kappa shape index (κ2) is 10.4. The molecule has 0 radical (unpaired) electrons. The summed E-state index contributed by atoms with van der Waals surface area (Å²) < 4.78 is 13.9. The lowest BCUT2D eigenvalue weighted by Crippen LogP contribution is -2.30. The first-order chi connectivity index (χ1) is 15.5. The molecule has 0 N–H and O–H groups in total. The van der Waals surface area contributed by atoms with Gasteiger partial charge in [-0.3, -0.25) is 14.7 Å². The maximum Gasteiger partial charge on any atom is 0.229 e. The van der Waals surface area contributed by atoms with Crippen LogP contribution in [0.4, 0.5) is 9.52 Å². The molecule has 0 saturated heterocycles. The van der Waals surface area contributed by atoms with E-state index in [0.717, 1.165) is 32.1 Å². The molecule has 0 fully saturated rings. The van der Waals surface area contributed by atoms with Gasteiger partial charge < -0.3 is 0 Å². The van der Waals surface area contributed by atoms with Crippen molar-refractivity contribution in [1.82, 2.24) is 9.97 Å². The SMILES string of the molecule is Cc1ccc(Cl)c2sc(N(Cc3ccccn3)C(=O)CCCSc3ccc(F)cc3)nc12. The van der Waals surface area contributed by atoms with E-state index in [0.29, 0.717) is 29.5 Å². The number of pyridine rings is 1. The van der Waals surface area contributed by atoms with Gasteiger partial charge in [-0.25, -0.2) is 9.37 Å². The molecule has 0 unspecified atom stereocenters. The number of benzene rings is 2. The van der Waals surface area contributed by atoms with Crippen LogP contribution in [-0.2, 0) is 11.3 Å². The number of hydrogen-bond donors (Lipinski definition) is 0. The summed E-state index contributed by atoms with van der Waals surface area (Å²) in [5.74, 6) is 0.503. The Labute approximate surface area is 199 Å². The summed E-state index contributed by atoms with van der Waals surface area (Å²) in [5, 5.41) is 1.26. The number of fused-ring (bicyclic) bond motifs is 1. The first kappa shape index (κ1) is 22.7. The van der Waals surface area contributed by atoms with E-state index in [2.05, 4.69) is 4.98 Å². The largest absolute Gasteiger partial charge is 0.282 e. The third-order valence-corrected chi connectivity index (χ3v) is 7.52. The molecule has 8 heteroatoms. The minimum atomic E-state index is -0.249. The van der Waals surface area contributed by atoms with Gasteiger partial charge in [-0.2, -0.15) is 0 Å². The van der Waals surface area contributed by atoms with Crippen LogP contribution < -0.4 is 4.90 Å². The standard InChI is InChI=1S/C24H21ClFN3OS2/c1-16-7-12-20(25)23-22(16)28-24(32-23)29(15-18-5-2-3-13-27-18)21(30)6-4-14-31-19-10-8-17(26)9-11-19/h2-3,5,7-13H,4,6,14-15H2,1H3. The second-order valence-electron chi connectivity index (χ2n) is 7.25. The molecule has 0 saturated carbocycles.